The van der Waals surface area contributed by atoms with Gasteiger partial charge < -0.3 is 4.74 Å². The van der Waals surface area contributed by atoms with Crippen molar-refractivity contribution < 1.29 is 4.74 Å². The largest absolute Gasteiger partial charge is 0.496 e. The van der Waals surface area contributed by atoms with Crippen LogP contribution in [-0.4, -0.2) is 13.0 Å². The Balaban J connectivity index is 2.15. The quantitative estimate of drug-likeness (QED) is 0.616. The van der Waals surface area contributed by atoms with Crippen molar-refractivity contribution in [3.63, 3.8) is 0 Å². The number of ether oxygens (including phenoxy) is 1. The number of alkyl halides is 1. The fourth-order valence-corrected chi connectivity index (χ4v) is 2.98. The second-order valence-electron chi connectivity index (χ2n) is 4.98. The van der Waals surface area contributed by atoms with Crippen LogP contribution in [-0.2, 0) is 12.8 Å². The van der Waals surface area contributed by atoms with Crippen LogP contribution in [0.1, 0.15) is 11.1 Å². The summed E-state index contributed by atoms with van der Waals surface area (Å²) in [6, 6.07) is 13.5. The Morgan fingerprint density at radius 2 is 1.71 bits per heavy atom. The molecule has 112 valence electrons. The van der Waals surface area contributed by atoms with Crippen molar-refractivity contribution in [2.45, 2.75) is 12.8 Å². The van der Waals surface area contributed by atoms with Crippen molar-refractivity contribution in [1.29, 1.82) is 0 Å². The van der Waals surface area contributed by atoms with Crippen LogP contribution < -0.4 is 4.74 Å². The topological polar surface area (TPSA) is 9.23 Å². The molecule has 0 aliphatic rings. The number of para-hydroxylation sites is 1. The van der Waals surface area contributed by atoms with E-state index in [1.54, 1.807) is 13.2 Å². The molecule has 1 nitrogen and oxygen atoms in total. The van der Waals surface area contributed by atoms with Gasteiger partial charge in [0, 0.05) is 15.9 Å². The van der Waals surface area contributed by atoms with E-state index >= 15 is 0 Å². The van der Waals surface area contributed by atoms with E-state index in [0.717, 1.165) is 34.7 Å². The van der Waals surface area contributed by atoms with Gasteiger partial charge in [-0.05, 0) is 54.2 Å². The molecular formula is C17H17Cl3O. The smallest absolute Gasteiger partial charge is 0.122 e. The van der Waals surface area contributed by atoms with Crippen molar-refractivity contribution in [3.05, 3.63) is 63.6 Å². The number of rotatable bonds is 6. The Hall–Kier alpha value is -0.890. The second-order valence-corrected chi connectivity index (χ2v) is 6.13. The highest BCUT2D eigenvalue weighted by Crippen LogP contribution is 2.27. The molecule has 0 saturated carbocycles. The van der Waals surface area contributed by atoms with Gasteiger partial charge in [-0.3, -0.25) is 0 Å². The van der Waals surface area contributed by atoms with E-state index in [0.29, 0.717) is 10.9 Å². The maximum Gasteiger partial charge on any atom is 0.122 e. The first-order chi connectivity index (χ1) is 10.1. The molecule has 0 aliphatic carbocycles. The van der Waals surface area contributed by atoms with Crippen LogP contribution in [0.3, 0.4) is 0 Å². The number of halogens is 3. The summed E-state index contributed by atoms with van der Waals surface area (Å²) in [5.41, 5.74) is 2.19. The maximum absolute atomic E-state index is 6.23. The molecular weight excluding hydrogens is 327 g/mol. The number of hydrogen-bond acceptors (Lipinski definition) is 1. The van der Waals surface area contributed by atoms with Gasteiger partial charge in [-0.2, -0.15) is 0 Å². The molecule has 1 atom stereocenters. The first-order valence-corrected chi connectivity index (χ1v) is 8.05. The van der Waals surface area contributed by atoms with Gasteiger partial charge in [0.25, 0.3) is 0 Å². The van der Waals surface area contributed by atoms with Gasteiger partial charge in [-0.25, -0.2) is 0 Å². The van der Waals surface area contributed by atoms with Crippen molar-refractivity contribution in [2.75, 3.05) is 13.0 Å². The molecule has 2 aromatic rings. The predicted octanol–water partition coefficient (Wildman–Crippen LogP) is 5.64. The van der Waals surface area contributed by atoms with Crippen molar-refractivity contribution in [2.24, 2.45) is 5.92 Å². The molecule has 2 aromatic carbocycles. The zero-order chi connectivity index (χ0) is 15.2. The third-order valence-electron chi connectivity index (χ3n) is 3.44. The van der Waals surface area contributed by atoms with E-state index in [-0.39, 0.29) is 5.92 Å². The molecule has 0 bridgehead atoms. The Morgan fingerprint density at radius 3 is 2.43 bits per heavy atom. The molecule has 0 fully saturated rings. The van der Waals surface area contributed by atoms with Gasteiger partial charge in [0.2, 0.25) is 0 Å². The Bertz CT molecular complexity index is 598. The zero-order valence-electron chi connectivity index (χ0n) is 11.8. The van der Waals surface area contributed by atoms with E-state index < -0.39 is 0 Å². The molecule has 0 aliphatic heterocycles. The Kier molecular flexibility index (Phi) is 6.22. The number of benzene rings is 2. The molecule has 0 N–H and O–H groups in total. The first kappa shape index (κ1) is 16.5. The van der Waals surface area contributed by atoms with Gasteiger partial charge in [0.15, 0.2) is 0 Å². The average Bonchev–Trinajstić information content (AvgIpc) is 2.50. The molecule has 0 spiro atoms. The number of methoxy groups -OCH3 is 1. The maximum atomic E-state index is 6.23. The van der Waals surface area contributed by atoms with Gasteiger partial charge in [0.05, 0.1) is 7.11 Å². The normalized spacial score (nSPS) is 12.2. The van der Waals surface area contributed by atoms with Crippen molar-refractivity contribution in [1.82, 2.24) is 0 Å². The fraction of sp³-hybridized carbons (Fsp3) is 0.294. The third kappa shape index (κ3) is 4.54. The molecule has 1 unspecified atom stereocenters. The van der Waals surface area contributed by atoms with E-state index in [1.807, 2.05) is 30.3 Å². The summed E-state index contributed by atoms with van der Waals surface area (Å²) in [5, 5.41) is 1.43. The highest BCUT2D eigenvalue weighted by molar-refractivity contribution is 6.33. The van der Waals surface area contributed by atoms with Crippen LogP contribution in [0.15, 0.2) is 42.5 Å². The van der Waals surface area contributed by atoms with Gasteiger partial charge >= 0.3 is 0 Å². The Morgan fingerprint density at radius 1 is 1.00 bits per heavy atom. The summed E-state index contributed by atoms with van der Waals surface area (Å²) in [7, 11) is 1.68. The molecule has 0 saturated heterocycles. The van der Waals surface area contributed by atoms with Gasteiger partial charge in [-0.1, -0.05) is 41.4 Å². The van der Waals surface area contributed by atoms with E-state index in [2.05, 4.69) is 6.07 Å². The molecule has 21 heavy (non-hydrogen) atoms. The zero-order valence-corrected chi connectivity index (χ0v) is 14.1. The highest BCUT2D eigenvalue weighted by atomic mass is 35.5. The number of hydrogen-bond donors (Lipinski definition) is 0. The summed E-state index contributed by atoms with van der Waals surface area (Å²) in [6.07, 6.45) is 1.64. The SMILES string of the molecule is COc1ccccc1CC(CCl)Cc1cc(Cl)ccc1Cl. The molecule has 0 amide bonds. The fourth-order valence-electron chi connectivity index (χ4n) is 2.37. The standard InChI is InChI=1S/C17H17Cl3O/c1-21-17-5-3-2-4-13(17)8-12(11-18)9-14-10-15(19)6-7-16(14)20/h2-7,10,12H,8-9,11H2,1H3. The third-order valence-corrected chi connectivity index (χ3v) is 4.48. The van der Waals surface area contributed by atoms with Crippen LogP contribution in [0.25, 0.3) is 0 Å². The molecule has 0 aromatic heterocycles. The van der Waals surface area contributed by atoms with E-state index in [4.69, 9.17) is 39.5 Å². The summed E-state index contributed by atoms with van der Waals surface area (Å²) < 4.78 is 5.39. The van der Waals surface area contributed by atoms with Crippen LogP contribution in [0, 0.1) is 5.92 Å². The lowest BCUT2D eigenvalue weighted by Crippen LogP contribution is -2.11. The lowest BCUT2D eigenvalue weighted by atomic mass is 9.93. The lowest BCUT2D eigenvalue weighted by Gasteiger charge is -2.17. The predicted molar refractivity (Wildman–Crippen MR) is 91.1 cm³/mol. The minimum Gasteiger partial charge on any atom is -0.496 e. The van der Waals surface area contributed by atoms with E-state index in [1.165, 1.54) is 0 Å². The summed E-state index contributed by atoms with van der Waals surface area (Å²) in [6.45, 7) is 0. The van der Waals surface area contributed by atoms with E-state index in [9.17, 15) is 0 Å². The van der Waals surface area contributed by atoms with Crippen molar-refractivity contribution >= 4 is 34.8 Å². The summed E-state index contributed by atoms with van der Waals surface area (Å²) in [4.78, 5) is 0. The van der Waals surface area contributed by atoms with Gasteiger partial charge in [-0.15, -0.1) is 11.6 Å². The monoisotopic (exact) mass is 342 g/mol. The molecule has 0 radical (unpaired) electrons. The molecule has 2 rings (SSSR count). The highest BCUT2D eigenvalue weighted by Gasteiger charge is 2.14. The van der Waals surface area contributed by atoms with Crippen LogP contribution in [0.4, 0.5) is 0 Å². The summed E-state index contributed by atoms with van der Waals surface area (Å²) >= 11 is 18.4. The van der Waals surface area contributed by atoms with Crippen molar-refractivity contribution in [3.8, 4) is 5.75 Å². The average molecular weight is 344 g/mol. The molecule has 0 heterocycles. The minimum absolute atomic E-state index is 0.277. The lowest BCUT2D eigenvalue weighted by molar-refractivity contribution is 0.405. The van der Waals surface area contributed by atoms with Gasteiger partial charge in [0.1, 0.15) is 5.75 Å². The van der Waals surface area contributed by atoms with Crippen LogP contribution in [0.5, 0.6) is 5.75 Å². The second kappa shape index (κ2) is 7.93. The Labute approximate surface area is 140 Å². The van der Waals surface area contributed by atoms with Crippen LogP contribution >= 0.6 is 34.8 Å². The first-order valence-electron chi connectivity index (χ1n) is 6.75. The minimum atomic E-state index is 0.277. The molecule has 4 heteroatoms. The van der Waals surface area contributed by atoms with Crippen LogP contribution in [0.2, 0.25) is 10.0 Å². The summed E-state index contributed by atoms with van der Waals surface area (Å²) in [5.74, 6) is 1.73.